The van der Waals surface area contributed by atoms with Gasteiger partial charge in [0.15, 0.2) is 5.96 Å². The topological polar surface area (TPSA) is 40.5 Å². The molecule has 0 radical (unpaired) electrons. The van der Waals surface area contributed by atoms with Gasteiger partial charge in [-0.1, -0.05) is 42.1 Å². The fourth-order valence-corrected chi connectivity index (χ4v) is 3.47. The lowest BCUT2D eigenvalue weighted by Gasteiger charge is -2.17. The second-order valence-electron chi connectivity index (χ2n) is 4.95. The highest BCUT2D eigenvalue weighted by Gasteiger charge is 2.02. The van der Waals surface area contributed by atoms with Crippen LogP contribution in [0.5, 0.6) is 0 Å². The van der Waals surface area contributed by atoms with Gasteiger partial charge in [-0.05, 0) is 12.0 Å². The second kappa shape index (κ2) is 9.48. The predicted molar refractivity (Wildman–Crippen MR) is 96.7 cm³/mol. The minimum absolute atomic E-state index is 0.704. The molecule has 1 aromatic heterocycles. The molecule has 0 spiro atoms. The third-order valence-corrected chi connectivity index (χ3v) is 4.97. The van der Waals surface area contributed by atoms with Gasteiger partial charge in [0.05, 0.1) is 6.54 Å². The smallest absolute Gasteiger partial charge is 0.193 e. The standard InChI is InChI=1S/C16H22N4S2/c1-20(2)15(19-13-14-7-4-3-5-8-14)17-9-6-11-21-16-18-10-12-22-16/h3-5,7-8,10,12H,6,9,11,13H2,1-2H3,(H,17,19). The first-order valence-electron chi connectivity index (χ1n) is 7.27. The van der Waals surface area contributed by atoms with Crippen molar-refractivity contribution < 1.29 is 0 Å². The Labute approximate surface area is 140 Å². The summed E-state index contributed by atoms with van der Waals surface area (Å²) >= 11 is 3.51. The van der Waals surface area contributed by atoms with Crippen molar-refractivity contribution in [2.45, 2.75) is 17.3 Å². The number of hydrogen-bond acceptors (Lipinski definition) is 4. The number of thiazole rings is 1. The molecular formula is C16H22N4S2. The minimum Gasteiger partial charge on any atom is -0.356 e. The number of aliphatic imine (C=N–C) groups is 1. The highest BCUT2D eigenvalue weighted by molar-refractivity contribution is 8.00. The van der Waals surface area contributed by atoms with Gasteiger partial charge in [0.25, 0.3) is 0 Å². The van der Waals surface area contributed by atoms with Crippen molar-refractivity contribution >= 4 is 29.1 Å². The van der Waals surface area contributed by atoms with Crippen molar-refractivity contribution in [3.63, 3.8) is 0 Å². The van der Waals surface area contributed by atoms with Crippen LogP contribution in [-0.2, 0) is 6.54 Å². The van der Waals surface area contributed by atoms with Crippen LogP contribution in [0.4, 0.5) is 0 Å². The van der Waals surface area contributed by atoms with Gasteiger partial charge < -0.3 is 10.2 Å². The lowest BCUT2D eigenvalue weighted by molar-refractivity contribution is 0.578. The van der Waals surface area contributed by atoms with Gasteiger partial charge in [-0.15, -0.1) is 11.3 Å². The maximum Gasteiger partial charge on any atom is 0.193 e. The Morgan fingerprint density at radius 1 is 1.32 bits per heavy atom. The third-order valence-electron chi connectivity index (χ3n) is 2.92. The van der Waals surface area contributed by atoms with E-state index in [1.165, 1.54) is 5.56 Å². The number of benzene rings is 1. The highest BCUT2D eigenvalue weighted by atomic mass is 32.2. The van der Waals surface area contributed by atoms with E-state index in [0.717, 1.165) is 29.0 Å². The lowest BCUT2D eigenvalue weighted by Crippen LogP contribution is -2.37. The first kappa shape index (κ1) is 16.8. The molecule has 22 heavy (non-hydrogen) atoms. The Kier molecular flexibility index (Phi) is 7.25. The first-order chi connectivity index (χ1) is 10.8. The normalized spacial score (nSPS) is 11.5. The fraction of sp³-hybridized carbons (Fsp3) is 0.375. The zero-order valence-corrected chi connectivity index (χ0v) is 14.7. The summed E-state index contributed by atoms with van der Waals surface area (Å²) in [5, 5.41) is 5.43. The van der Waals surface area contributed by atoms with Crippen LogP contribution in [0, 0.1) is 0 Å². The van der Waals surface area contributed by atoms with Crippen LogP contribution in [0.25, 0.3) is 0 Å². The molecule has 0 bridgehead atoms. The fourth-order valence-electron chi connectivity index (χ4n) is 1.82. The molecule has 4 nitrogen and oxygen atoms in total. The number of nitrogens with one attached hydrogen (secondary N) is 1. The largest absolute Gasteiger partial charge is 0.356 e. The predicted octanol–water partition coefficient (Wildman–Crippen LogP) is 3.33. The van der Waals surface area contributed by atoms with Crippen molar-refractivity contribution in [1.29, 1.82) is 0 Å². The molecule has 0 atom stereocenters. The third kappa shape index (κ3) is 6.07. The molecule has 0 amide bonds. The molecule has 0 aliphatic heterocycles. The van der Waals surface area contributed by atoms with Gasteiger partial charge in [0, 0.05) is 38.0 Å². The summed E-state index contributed by atoms with van der Waals surface area (Å²) in [5.41, 5.74) is 1.22. The number of nitrogens with zero attached hydrogens (tertiary/aromatic N) is 3. The zero-order valence-electron chi connectivity index (χ0n) is 13.0. The maximum atomic E-state index is 4.66. The van der Waals surface area contributed by atoms with Crippen molar-refractivity contribution in [2.75, 3.05) is 26.4 Å². The van der Waals surface area contributed by atoms with Crippen LogP contribution >= 0.6 is 23.1 Å². The molecule has 1 heterocycles. The van der Waals surface area contributed by atoms with Gasteiger partial charge in [0.2, 0.25) is 0 Å². The van der Waals surface area contributed by atoms with Gasteiger partial charge in [-0.25, -0.2) is 9.98 Å². The Bertz CT molecular complexity index is 553. The maximum absolute atomic E-state index is 4.66. The van der Waals surface area contributed by atoms with Crippen molar-refractivity contribution in [3.05, 3.63) is 47.5 Å². The van der Waals surface area contributed by atoms with Gasteiger partial charge in [-0.2, -0.15) is 0 Å². The molecule has 0 unspecified atom stereocenters. The van der Waals surface area contributed by atoms with E-state index in [-0.39, 0.29) is 0 Å². The number of aromatic nitrogens is 1. The van der Waals surface area contributed by atoms with E-state index in [9.17, 15) is 0 Å². The molecule has 0 aliphatic carbocycles. The molecule has 2 aromatic rings. The molecule has 0 aliphatic rings. The highest BCUT2D eigenvalue weighted by Crippen LogP contribution is 2.20. The van der Waals surface area contributed by atoms with E-state index in [0.29, 0.717) is 6.54 Å². The molecule has 1 N–H and O–H groups in total. The Morgan fingerprint density at radius 3 is 2.82 bits per heavy atom. The summed E-state index contributed by atoms with van der Waals surface area (Å²) in [6.45, 7) is 1.62. The van der Waals surface area contributed by atoms with Crippen LogP contribution in [0.1, 0.15) is 12.0 Å². The molecule has 0 saturated heterocycles. The molecule has 2 rings (SSSR count). The van der Waals surface area contributed by atoms with Crippen molar-refractivity contribution in [3.8, 4) is 0 Å². The summed E-state index contributed by atoms with van der Waals surface area (Å²) in [6.07, 6.45) is 2.94. The first-order valence-corrected chi connectivity index (χ1v) is 9.14. The lowest BCUT2D eigenvalue weighted by atomic mass is 10.2. The van der Waals surface area contributed by atoms with Crippen molar-refractivity contribution in [1.82, 2.24) is 15.2 Å². The second-order valence-corrected chi connectivity index (χ2v) is 7.18. The SMILES string of the molecule is CN(C)C(=NCc1ccccc1)NCCCSc1nccs1. The van der Waals surface area contributed by atoms with Crippen LogP contribution < -0.4 is 5.32 Å². The van der Waals surface area contributed by atoms with E-state index < -0.39 is 0 Å². The van der Waals surface area contributed by atoms with E-state index >= 15 is 0 Å². The summed E-state index contributed by atoms with van der Waals surface area (Å²) in [6, 6.07) is 10.3. The summed E-state index contributed by atoms with van der Waals surface area (Å²) < 4.78 is 1.14. The number of rotatable bonds is 7. The molecular weight excluding hydrogens is 312 g/mol. The monoisotopic (exact) mass is 334 g/mol. The Balaban J connectivity index is 1.72. The molecule has 118 valence electrons. The number of hydrogen-bond donors (Lipinski definition) is 1. The van der Waals surface area contributed by atoms with E-state index in [4.69, 9.17) is 0 Å². The average Bonchev–Trinajstić information content (AvgIpc) is 3.04. The van der Waals surface area contributed by atoms with E-state index in [1.807, 2.05) is 60.5 Å². The van der Waals surface area contributed by atoms with Crippen molar-refractivity contribution in [2.24, 2.45) is 4.99 Å². The van der Waals surface area contributed by atoms with Crippen LogP contribution in [0.15, 0.2) is 51.2 Å². The Hall–Kier alpha value is -1.53. The van der Waals surface area contributed by atoms with Gasteiger partial charge >= 0.3 is 0 Å². The van der Waals surface area contributed by atoms with Gasteiger partial charge in [0.1, 0.15) is 4.34 Å². The molecule has 0 fully saturated rings. The molecule has 6 heteroatoms. The summed E-state index contributed by atoms with van der Waals surface area (Å²) in [4.78, 5) is 10.9. The molecule has 0 saturated carbocycles. The van der Waals surface area contributed by atoms with Crippen LogP contribution in [-0.4, -0.2) is 42.2 Å². The minimum atomic E-state index is 0.704. The van der Waals surface area contributed by atoms with E-state index in [1.54, 1.807) is 11.3 Å². The van der Waals surface area contributed by atoms with Crippen LogP contribution in [0.2, 0.25) is 0 Å². The Morgan fingerprint density at radius 2 is 2.14 bits per heavy atom. The summed E-state index contributed by atoms with van der Waals surface area (Å²) in [7, 11) is 4.03. The number of guanidine groups is 1. The van der Waals surface area contributed by atoms with Crippen LogP contribution in [0.3, 0.4) is 0 Å². The quantitative estimate of drug-likeness (QED) is 0.365. The molecule has 1 aromatic carbocycles. The van der Waals surface area contributed by atoms with E-state index in [2.05, 4.69) is 27.4 Å². The van der Waals surface area contributed by atoms with Gasteiger partial charge in [-0.3, -0.25) is 0 Å². The average molecular weight is 335 g/mol. The zero-order chi connectivity index (χ0) is 15.6. The number of thioether (sulfide) groups is 1. The summed E-state index contributed by atoms with van der Waals surface area (Å²) in [5.74, 6) is 2.00.